The van der Waals surface area contributed by atoms with Gasteiger partial charge in [-0.25, -0.2) is 0 Å². The van der Waals surface area contributed by atoms with E-state index in [1.165, 1.54) is 12.0 Å². The number of amides is 2. The van der Waals surface area contributed by atoms with Gasteiger partial charge in [0.15, 0.2) is 11.5 Å². The molecule has 0 spiro atoms. The number of carbonyl (C=O) groups is 2. The molecular weight excluding hydrogens is 392 g/mol. The van der Waals surface area contributed by atoms with Crippen molar-refractivity contribution in [2.75, 3.05) is 19.8 Å². The first kappa shape index (κ1) is 23.4. The van der Waals surface area contributed by atoms with Gasteiger partial charge in [0.05, 0.1) is 13.2 Å². The highest BCUT2D eigenvalue weighted by Gasteiger charge is 2.33. The zero-order valence-corrected chi connectivity index (χ0v) is 19.5. The number of hydrogen-bond acceptors (Lipinski definition) is 4. The van der Waals surface area contributed by atoms with Gasteiger partial charge in [0.25, 0.3) is 0 Å². The molecule has 1 aliphatic heterocycles. The lowest BCUT2D eigenvalue weighted by Gasteiger charge is -2.34. The minimum absolute atomic E-state index is 0.0108. The zero-order chi connectivity index (χ0) is 22.4. The Kier molecular flexibility index (Phi) is 8.22. The average molecular weight is 431 g/mol. The Morgan fingerprint density at radius 2 is 1.65 bits per heavy atom. The Morgan fingerprint density at radius 3 is 2.23 bits per heavy atom. The minimum Gasteiger partial charge on any atom is -0.490 e. The first-order valence-corrected chi connectivity index (χ1v) is 11.9. The van der Waals surface area contributed by atoms with Crippen molar-refractivity contribution >= 4 is 11.8 Å². The summed E-state index contributed by atoms with van der Waals surface area (Å²) < 4.78 is 11.5. The summed E-state index contributed by atoms with van der Waals surface area (Å²) in [5.41, 5.74) is 2.29. The largest absolute Gasteiger partial charge is 0.490 e. The quantitative estimate of drug-likeness (QED) is 0.675. The number of fused-ring (bicyclic) bond motifs is 1. The fourth-order valence-electron chi connectivity index (χ4n) is 4.64. The van der Waals surface area contributed by atoms with Crippen molar-refractivity contribution in [2.24, 2.45) is 11.8 Å². The second kappa shape index (κ2) is 10.9. The van der Waals surface area contributed by atoms with Gasteiger partial charge in [-0.1, -0.05) is 33.1 Å². The monoisotopic (exact) mass is 430 g/mol. The van der Waals surface area contributed by atoms with E-state index in [-0.39, 0.29) is 23.7 Å². The molecule has 0 aromatic heterocycles. The first-order chi connectivity index (χ1) is 14.9. The molecule has 2 amide bonds. The van der Waals surface area contributed by atoms with Gasteiger partial charge in [0, 0.05) is 19.0 Å². The van der Waals surface area contributed by atoms with E-state index in [9.17, 15) is 9.59 Å². The Morgan fingerprint density at radius 1 is 1.03 bits per heavy atom. The minimum atomic E-state index is -0.481. The van der Waals surface area contributed by atoms with Crippen LogP contribution in [0.2, 0.25) is 0 Å². The molecule has 0 bridgehead atoms. The molecule has 1 N–H and O–H groups in total. The second-order valence-electron chi connectivity index (χ2n) is 9.01. The maximum Gasteiger partial charge on any atom is 0.245 e. The van der Waals surface area contributed by atoms with E-state index in [1.807, 2.05) is 38.7 Å². The van der Waals surface area contributed by atoms with Crippen LogP contribution in [0.5, 0.6) is 11.5 Å². The van der Waals surface area contributed by atoms with Crippen LogP contribution in [0.15, 0.2) is 12.1 Å². The van der Waals surface area contributed by atoms with Gasteiger partial charge in [0.2, 0.25) is 11.8 Å². The molecule has 6 nitrogen and oxygen atoms in total. The van der Waals surface area contributed by atoms with Gasteiger partial charge in [-0.3, -0.25) is 9.59 Å². The van der Waals surface area contributed by atoms with E-state index >= 15 is 0 Å². The van der Waals surface area contributed by atoms with Crippen molar-refractivity contribution in [3.63, 3.8) is 0 Å². The normalized spacial score (nSPS) is 17.8. The highest BCUT2D eigenvalue weighted by atomic mass is 16.5. The number of nitrogens with one attached hydrogen (secondary N) is 1. The summed E-state index contributed by atoms with van der Waals surface area (Å²) in [4.78, 5) is 28.1. The molecule has 172 valence electrons. The molecule has 1 aromatic rings. The van der Waals surface area contributed by atoms with E-state index in [1.54, 1.807) is 0 Å². The molecule has 0 radical (unpaired) electrons. The number of carbonyl (C=O) groups excluding carboxylic acids is 2. The van der Waals surface area contributed by atoms with Gasteiger partial charge in [0.1, 0.15) is 6.04 Å². The van der Waals surface area contributed by atoms with Crippen LogP contribution in [0.4, 0.5) is 0 Å². The fraction of sp³-hybridized carbons (Fsp3) is 0.680. The lowest BCUT2D eigenvalue weighted by Crippen LogP contribution is -2.53. The summed E-state index contributed by atoms with van der Waals surface area (Å²) >= 11 is 0. The van der Waals surface area contributed by atoms with Gasteiger partial charge in [-0.15, -0.1) is 0 Å². The second-order valence-corrected chi connectivity index (χ2v) is 9.01. The third-order valence-electron chi connectivity index (χ3n) is 6.40. The molecule has 1 aliphatic carbocycles. The van der Waals surface area contributed by atoms with Crippen LogP contribution < -0.4 is 14.8 Å². The first-order valence-electron chi connectivity index (χ1n) is 11.9. The summed E-state index contributed by atoms with van der Waals surface area (Å²) in [6, 6.07) is 3.58. The summed E-state index contributed by atoms with van der Waals surface area (Å²) in [5, 5.41) is 3.09. The number of hydrogen-bond donors (Lipinski definition) is 1. The van der Waals surface area contributed by atoms with Gasteiger partial charge in [-0.05, 0) is 62.3 Å². The topological polar surface area (TPSA) is 67.9 Å². The molecule has 1 atom stereocenters. The molecule has 6 heteroatoms. The summed E-state index contributed by atoms with van der Waals surface area (Å²) in [5.74, 6) is 1.64. The van der Waals surface area contributed by atoms with Crippen molar-refractivity contribution in [1.29, 1.82) is 0 Å². The van der Waals surface area contributed by atoms with Crippen LogP contribution >= 0.6 is 0 Å². The fourth-order valence-corrected chi connectivity index (χ4v) is 4.64. The molecule has 1 saturated carbocycles. The van der Waals surface area contributed by atoms with E-state index in [0.717, 1.165) is 49.2 Å². The SMILES string of the molecule is CCOc1cc2c(cc1OCC)CN(C(=O)C(NC(=O)C1CCCCC1)C(C)C)CC2. The molecule has 1 aromatic carbocycles. The highest BCUT2D eigenvalue weighted by Crippen LogP contribution is 2.34. The maximum atomic E-state index is 13.4. The lowest BCUT2D eigenvalue weighted by molar-refractivity contribution is -0.139. The predicted molar refractivity (Wildman–Crippen MR) is 121 cm³/mol. The number of rotatable bonds is 8. The van der Waals surface area contributed by atoms with Crippen molar-refractivity contribution in [1.82, 2.24) is 10.2 Å². The standard InChI is InChI=1S/C25H38N2O4/c1-5-30-21-14-19-12-13-27(16-20(19)15-22(21)31-6-2)25(29)23(17(3)4)26-24(28)18-10-8-7-9-11-18/h14-15,17-18,23H,5-13,16H2,1-4H3,(H,26,28). The van der Waals surface area contributed by atoms with Gasteiger partial charge >= 0.3 is 0 Å². The van der Waals surface area contributed by atoms with Crippen LogP contribution in [0.3, 0.4) is 0 Å². The van der Waals surface area contributed by atoms with Crippen molar-refractivity contribution in [3.8, 4) is 11.5 Å². The average Bonchev–Trinajstić information content (AvgIpc) is 2.77. The summed E-state index contributed by atoms with van der Waals surface area (Å²) in [6.45, 7) is 10.2. The third kappa shape index (κ3) is 5.72. The molecule has 3 rings (SSSR count). The van der Waals surface area contributed by atoms with Crippen LogP contribution in [-0.4, -0.2) is 42.5 Å². The third-order valence-corrected chi connectivity index (χ3v) is 6.40. The van der Waals surface area contributed by atoms with E-state index in [0.29, 0.717) is 26.3 Å². The molecular formula is C25H38N2O4. The summed E-state index contributed by atoms with van der Waals surface area (Å²) in [6.07, 6.45) is 6.06. The molecule has 2 aliphatic rings. The number of benzene rings is 1. The van der Waals surface area contributed by atoms with E-state index in [4.69, 9.17) is 9.47 Å². The van der Waals surface area contributed by atoms with Crippen molar-refractivity contribution < 1.29 is 19.1 Å². The smallest absolute Gasteiger partial charge is 0.245 e. The molecule has 31 heavy (non-hydrogen) atoms. The Labute approximate surface area is 186 Å². The Hall–Kier alpha value is -2.24. The molecule has 0 saturated heterocycles. The number of nitrogens with zero attached hydrogens (tertiary/aromatic N) is 1. The van der Waals surface area contributed by atoms with Crippen molar-refractivity contribution in [3.05, 3.63) is 23.3 Å². The van der Waals surface area contributed by atoms with Gasteiger partial charge < -0.3 is 19.7 Å². The zero-order valence-electron chi connectivity index (χ0n) is 19.5. The summed E-state index contributed by atoms with van der Waals surface area (Å²) in [7, 11) is 0. The van der Waals surface area contributed by atoms with Gasteiger partial charge in [-0.2, -0.15) is 0 Å². The van der Waals surface area contributed by atoms with Crippen LogP contribution in [0.25, 0.3) is 0 Å². The van der Waals surface area contributed by atoms with Crippen molar-refractivity contribution in [2.45, 2.75) is 78.8 Å². The molecule has 1 heterocycles. The molecule has 1 unspecified atom stereocenters. The Balaban J connectivity index is 1.72. The number of ether oxygens (including phenoxy) is 2. The maximum absolute atomic E-state index is 13.4. The highest BCUT2D eigenvalue weighted by molar-refractivity contribution is 5.89. The van der Waals surface area contributed by atoms with E-state index in [2.05, 4.69) is 11.4 Å². The predicted octanol–water partition coefficient (Wildman–Crippen LogP) is 4.09. The van der Waals surface area contributed by atoms with E-state index < -0.39 is 6.04 Å². The molecule has 1 fully saturated rings. The Bertz CT molecular complexity index is 771. The van der Waals surface area contributed by atoms with Crippen LogP contribution in [-0.2, 0) is 22.6 Å². The van der Waals surface area contributed by atoms with Crippen LogP contribution in [0, 0.1) is 11.8 Å². The van der Waals surface area contributed by atoms with Crippen LogP contribution in [0.1, 0.15) is 70.9 Å². The lowest BCUT2D eigenvalue weighted by atomic mass is 9.88.